The lowest BCUT2D eigenvalue weighted by Gasteiger charge is -2.41. The summed E-state index contributed by atoms with van der Waals surface area (Å²) in [4.78, 5) is 1.76. The largest absolute Gasteiger partial charge is 0.370 e. The molecule has 1 saturated heterocycles. The Labute approximate surface area is 118 Å². The van der Waals surface area contributed by atoms with Gasteiger partial charge in [-0.2, -0.15) is 0 Å². The molecule has 1 aromatic heterocycles. The zero-order valence-electron chi connectivity index (χ0n) is 11.3. The van der Waals surface area contributed by atoms with Gasteiger partial charge in [-0.3, -0.25) is 0 Å². The number of halogens is 4. The molecule has 2 aliphatic rings. The smallest absolute Gasteiger partial charge is 0.308 e. The van der Waals surface area contributed by atoms with Crippen LogP contribution in [0.4, 0.5) is 17.6 Å². The van der Waals surface area contributed by atoms with Crippen LogP contribution in [0.15, 0.2) is 6.20 Å². The fourth-order valence-corrected chi connectivity index (χ4v) is 2.86. The molecule has 0 saturated carbocycles. The number of alkyl halides is 4. The van der Waals surface area contributed by atoms with Gasteiger partial charge in [-0.05, 0) is 6.42 Å². The maximum absolute atomic E-state index is 13.0. The maximum atomic E-state index is 13.0. The highest BCUT2D eigenvalue weighted by Crippen LogP contribution is 2.32. The summed E-state index contributed by atoms with van der Waals surface area (Å²) in [6, 6.07) is -0.0924. The number of likely N-dealkylation sites (tertiary alicyclic amines) is 1. The fraction of sp³-hybridized carbons (Fsp3) is 0.833. The molecular weight excluding hydrogens is 292 g/mol. The van der Waals surface area contributed by atoms with Crippen molar-refractivity contribution >= 4 is 0 Å². The highest BCUT2D eigenvalue weighted by Gasteiger charge is 2.42. The van der Waals surface area contributed by atoms with Gasteiger partial charge in [0.1, 0.15) is 0 Å². The summed E-state index contributed by atoms with van der Waals surface area (Å²) in [6.45, 7) is 1.40. The molecular formula is C12H16F4N4O. The Balaban J connectivity index is 1.62. The van der Waals surface area contributed by atoms with Gasteiger partial charge in [0.25, 0.3) is 0 Å². The first-order chi connectivity index (χ1) is 9.97. The highest BCUT2D eigenvalue weighted by atomic mass is 19.3. The molecule has 3 rings (SSSR count). The molecule has 2 atom stereocenters. The minimum Gasteiger partial charge on any atom is -0.370 e. The first-order valence-electron chi connectivity index (χ1n) is 6.86. The summed E-state index contributed by atoms with van der Waals surface area (Å²) in [5.41, 5.74) is 0.844. The van der Waals surface area contributed by atoms with Crippen LogP contribution in [0.2, 0.25) is 0 Å². The van der Waals surface area contributed by atoms with Crippen molar-refractivity contribution in [1.29, 1.82) is 0 Å². The quantitative estimate of drug-likeness (QED) is 0.794. The molecule has 0 unspecified atom stereocenters. The van der Waals surface area contributed by atoms with Crippen LogP contribution in [0.5, 0.6) is 0 Å². The number of nitrogens with zero attached hydrogens (tertiary/aromatic N) is 4. The van der Waals surface area contributed by atoms with Crippen molar-refractivity contribution in [1.82, 2.24) is 19.9 Å². The summed E-state index contributed by atoms with van der Waals surface area (Å²) >= 11 is 0. The Morgan fingerprint density at radius 2 is 2.24 bits per heavy atom. The lowest BCUT2D eigenvalue weighted by molar-refractivity contribution is -0.138. The van der Waals surface area contributed by atoms with Gasteiger partial charge in [0.15, 0.2) is 0 Å². The second-order valence-electron chi connectivity index (χ2n) is 5.49. The summed E-state index contributed by atoms with van der Waals surface area (Å²) in [5.74, 6) is -3.93. The molecule has 1 aromatic rings. The van der Waals surface area contributed by atoms with E-state index in [9.17, 15) is 17.6 Å². The van der Waals surface area contributed by atoms with Crippen LogP contribution in [0.25, 0.3) is 0 Å². The second kappa shape index (κ2) is 5.53. The standard InChI is InChI=1S/C12H16F4N4O/c13-11(14)12(15,16)2-4-19-3-1-10-9(6-19)20-8(7-21-10)5-17-18-20/h5,9-11H,1-4,6-7H2/t9-,10+/m0/s1. The van der Waals surface area contributed by atoms with Crippen molar-refractivity contribution < 1.29 is 22.3 Å². The molecule has 9 heteroatoms. The number of hydrogen-bond donors (Lipinski definition) is 0. The summed E-state index contributed by atoms with van der Waals surface area (Å²) < 4.78 is 57.8. The average Bonchev–Trinajstić information content (AvgIpc) is 2.93. The Kier molecular flexibility index (Phi) is 3.87. The van der Waals surface area contributed by atoms with E-state index >= 15 is 0 Å². The molecule has 2 aliphatic heterocycles. The lowest BCUT2D eigenvalue weighted by atomic mass is 10.00. The number of ether oxygens (including phenoxy) is 1. The number of fused-ring (bicyclic) bond motifs is 3. The van der Waals surface area contributed by atoms with Crippen LogP contribution in [-0.2, 0) is 11.3 Å². The Morgan fingerprint density at radius 1 is 1.43 bits per heavy atom. The van der Waals surface area contributed by atoms with E-state index in [4.69, 9.17) is 4.74 Å². The first kappa shape index (κ1) is 14.7. The molecule has 5 nitrogen and oxygen atoms in total. The molecule has 0 aromatic carbocycles. The van der Waals surface area contributed by atoms with Crippen molar-refractivity contribution in [3.8, 4) is 0 Å². The molecule has 1 fully saturated rings. The molecule has 21 heavy (non-hydrogen) atoms. The third kappa shape index (κ3) is 2.89. The number of rotatable bonds is 4. The van der Waals surface area contributed by atoms with Crippen LogP contribution in [-0.4, -0.2) is 58.0 Å². The minimum atomic E-state index is -3.93. The predicted molar refractivity (Wildman–Crippen MR) is 64.3 cm³/mol. The SMILES string of the molecule is FC(F)C(F)(F)CCN1CC[C@H]2OCc3cnnn3[C@H]2C1. The van der Waals surface area contributed by atoms with Gasteiger partial charge in [-0.1, -0.05) is 5.21 Å². The summed E-state index contributed by atoms with van der Waals surface area (Å²) in [5, 5.41) is 7.83. The fourth-order valence-electron chi connectivity index (χ4n) is 2.86. The number of piperidine rings is 1. The van der Waals surface area contributed by atoms with Gasteiger partial charge in [-0.25, -0.2) is 22.2 Å². The summed E-state index contributed by atoms with van der Waals surface area (Å²) in [7, 11) is 0. The van der Waals surface area contributed by atoms with Gasteiger partial charge < -0.3 is 9.64 Å². The van der Waals surface area contributed by atoms with Crippen molar-refractivity contribution in [3.63, 3.8) is 0 Å². The predicted octanol–water partition coefficient (Wildman–Crippen LogP) is 1.71. The third-order valence-corrected chi connectivity index (χ3v) is 4.09. The average molecular weight is 308 g/mol. The van der Waals surface area contributed by atoms with Gasteiger partial charge in [-0.15, -0.1) is 5.10 Å². The maximum Gasteiger partial charge on any atom is 0.308 e. The third-order valence-electron chi connectivity index (χ3n) is 4.09. The Hall–Kier alpha value is -1.22. The molecule has 0 radical (unpaired) electrons. The number of aromatic nitrogens is 3. The van der Waals surface area contributed by atoms with Crippen molar-refractivity contribution in [2.45, 2.75) is 43.9 Å². The first-order valence-corrected chi connectivity index (χ1v) is 6.86. The molecule has 0 aliphatic carbocycles. The van der Waals surface area contributed by atoms with Crippen molar-refractivity contribution in [3.05, 3.63) is 11.9 Å². The normalized spacial score (nSPS) is 26.7. The molecule has 0 N–H and O–H groups in total. The van der Waals surface area contributed by atoms with Crippen LogP contribution >= 0.6 is 0 Å². The number of hydrogen-bond acceptors (Lipinski definition) is 4. The van der Waals surface area contributed by atoms with E-state index < -0.39 is 18.8 Å². The summed E-state index contributed by atoms with van der Waals surface area (Å²) in [6.07, 6.45) is -2.20. The monoisotopic (exact) mass is 308 g/mol. The van der Waals surface area contributed by atoms with Crippen LogP contribution in [0, 0.1) is 0 Å². The van der Waals surface area contributed by atoms with Crippen LogP contribution in [0.1, 0.15) is 24.6 Å². The van der Waals surface area contributed by atoms with Crippen molar-refractivity contribution in [2.75, 3.05) is 19.6 Å². The van der Waals surface area contributed by atoms with Crippen molar-refractivity contribution in [2.24, 2.45) is 0 Å². The lowest BCUT2D eigenvalue weighted by Crippen LogP contribution is -2.49. The van der Waals surface area contributed by atoms with Gasteiger partial charge in [0.05, 0.1) is 30.6 Å². The van der Waals surface area contributed by atoms with E-state index in [0.29, 0.717) is 26.1 Å². The minimum absolute atomic E-state index is 0.0222. The zero-order valence-corrected chi connectivity index (χ0v) is 11.3. The van der Waals surface area contributed by atoms with E-state index in [0.717, 1.165) is 5.69 Å². The van der Waals surface area contributed by atoms with Crippen LogP contribution in [0.3, 0.4) is 0 Å². The molecule has 0 spiro atoms. The van der Waals surface area contributed by atoms with E-state index in [1.807, 2.05) is 0 Å². The molecule has 0 bridgehead atoms. The topological polar surface area (TPSA) is 43.2 Å². The van der Waals surface area contributed by atoms with E-state index in [1.165, 1.54) is 0 Å². The molecule has 3 heterocycles. The molecule has 0 amide bonds. The van der Waals surface area contributed by atoms with Gasteiger partial charge in [0, 0.05) is 26.1 Å². The zero-order chi connectivity index (χ0) is 15.0. The highest BCUT2D eigenvalue weighted by molar-refractivity contribution is 5.01. The Morgan fingerprint density at radius 3 is 3.00 bits per heavy atom. The van der Waals surface area contributed by atoms with Gasteiger partial charge in [0.2, 0.25) is 0 Å². The van der Waals surface area contributed by atoms with E-state index in [-0.39, 0.29) is 18.7 Å². The second-order valence-corrected chi connectivity index (χ2v) is 5.49. The van der Waals surface area contributed by atoms with E-state index in [1.54, 1.807) is 15.8 Å². The van der Waals surface area contributed by atoms with Gasteiger partial charge >= 0.3 is 12.3 Å². The van der Waals surface area contributed by atoms with Crippen LogP contribution < -0.4 is 0 Å². The Bertz CT molecular complexity index is 495. The van der Waals surface area contributed by atoms with E-state index in [2.05, 4.69) is 10.3 Å². The molecule has 118 valence electrons.